The van der Waals surface area contributed by atoms with Crippen LogP contribution in [0.15, 0.2) is 0 Å². The molecule has 0 aliphatic carbocycles. The predicted molar refractivity (Wildman–Crippen MR) is 46.5 cm³/mol. The van der Waals surface area contributed by atoms with Crippen molar-refractivity contribution in [3.8, 4) is 0 Å². The Balaban J connectivity index is 2.22. The largest absolute Gasteiger partial charge is 0.361 e. The zero-order valence-corrected chi connectivity index (χ0v) is 7.65. The van der Waals surface area contributed by atoms with E-state index in [1.54, 1.807) is 0 Å². The number of hydrogen-bond acceptors (Lipinski definition) is 2. The quantitative estimate of drug-likeness (QED) is 0.658. The van der Waals surface area contributed by atoms with Gasteiger partial charge in [0, 0.05) is 19.6 Å². The summed E-state index contributed by atoms with van der Waals surface area (Å²) in [6, 6.07) is 0. The highest BCUT2D eigenvalue weighted by molar-refractivity contribution is 4.87. The summed E-state index contributed by atoms with van der Waals surface area (Å²) in [5.74, 6) is 0. The molecule has 0 spiro atoms. The summed E-state index contributed by atoms with van der Waals surface area (Å²) < 4.78 is 5.74. The van der Waals surface area contributed by atoms with Crippen LogP contribution in [-0.4, -0.2) is 18.9 Å². The Bertz CT molecular complexity index is 110. The van der Waals surface area contributed by atoms with Gasteiger partial charge >= 0.3 is 0 Å². The Hall–Kier alpha value is -0.0800. The smallest absolute Gasteiger partial charge is 0.120 e. The van der Waals surface area contributed by atoms with Crippen molar-refractivity contribution in [3.63, 3.8) is 0 Å². The van der Waals surface area contributed by atoms with Crippen LogP contribution in [0.2, 0.25) is 0 Å². The molecule has 1 rings (SSSR count). The lowest BCUT2D eigenvalue weighted by Gasteiger charge is -2.43. The molecule has 1 saturated heterocycles. The van der Waals surface area contributed by atoms with Crippen molar-refractivity contribution in [2.75, 3.05) is 13.2 Å². The van der Waals surface area contributed by atoms with E-state index in [1.807, 2.05) is 0 Å². The molecule has 66 valence electrons. The highest BCUT2D eigenvalue weighted by Crippen LogP contribution is 2.25. The lowest BCUT2D eigenvalue weighted by atomic mass is 9.96. The van der Waals surface area contributed by atoms with Crippen LogP contribution in [0.5, 0.6) is 0 Å². The molecule has 1 heterocycles. The van der Waals surface area contributed by atoms with Crippen LogP contribution < -0.4 is 5.32 Å². The Morgan fingerprint density at radius 3 is 2.45 bits per heavy atom. The topological polar surface area (TPSA) is 21.3 Å². The zero-order chi connectivity index (χ0) is 8.16. The molecule has 0 aromatic rings. The van der Waals surface area contributed by atoms with E-state index in [2.05, 4.69) is 19.2 Å². The molecule has 1 atom stereocenters. The van der Waals surface area contributed by atoms with Gasteiger partial charge in [0.25, 0.3) is 0 Å². The minimum absolute atomic E-state index is 0.0742. The van der Waals surface area contributed by atoms with Gasteiger partial charge in [0.1, 0.15) is 5.72 Å². The van der Waals surface area contributed by atoms with E-state index in [0.717, 1.165) is 26.0 Å². The Morgan fingerprint density at radius 2 is 2.09 bits per heavy atom. The Morgan fingerprint density at radius 1 is 1.36 bits per heavy atom. The van der Waals surface area contributed by atoms with Crippen LogP contribution in [0.4, 0.5) is 0 Å². The first-order valence-corrected chi connectivity index (χ1v) is 4.72. The second kappa shape index (κ2) is 4.07. The minimum Gasteiger partial charge on any atom is -0.361 e. The molecule has 1 unspecified atom stereocenters. The standard InChI is InChI=1S/C9H19NO/c1-3-5-9(6-7-10-9)11-8-4-2/h10H,3-8H2,1-2H3. The van der Waals surface area contributed by atoms with Crippen LogP contribution in [0.25, 0.3) is 0 Å². The van der Waals surface area contributed by atoms with Crippen molar-refractivity contribution in [1.82, 2.24) is 5.32 Å². The summed E-state index contributed by atoms with van der Waals surface area (Å²) in [7, 11) is 0. The third kappa shape index (κ3) is 2.17. The molecule has 1 fully saturated rings. The van der Waals surface area contributed by atoms with Crippen molar-refractivity contribution >= 4 is 0 Å². The number of hydrogen-bond donors (Lipinski definition) is 1. The first-order valence-electron chi connectivity index (χ1n) is 4.72. The monoisotopic (exact) mass is 157 g/mol. The number of rotatable bonds is 5. The van der Waals surface area contributed by atoms with Crippen molar-refractivity contribution in [1.29, 1.82) is 0 Å². The molecular weight excluding hydrogens is 138 g/mol. The van der Waals surface area contributed by atoms with E-state index in [0.29, 0.717) is 0 Å². The van der Waals surface area contributed by atoms with Crippen LogP contribution in [0.1, 0.15) is 39.5 Å². The van der Waals surface area contributed by atoms with E-state index in [9.17, 15) is 0 Å². The maximum Gasteiger partial charge on any atom is 0.120 e. The molecule has 0 saturated carbocycles. The molecule has 1 aliphatic rings. The SMILES string of the molecule is CCCOC1(CCC)CCN1. The first kappa shape index (κ1) is 9.01. The van der Waals surface area contributed by atoms with Gasteiger partial charge in [-0.05, 0) is 12.8 Å². The summed E-state index contributed by atoms with van der Waals surface area (Å²) in [5.41, 5.74) is 0.0742. The van der Waals surface area contributed by atoms with Crippen LogP contribution in [-0.2, 0) is 4.74 Å². The zero-order valence-electron chi connectivity index (χ0n) is 7.65. The fourth-order valence-corrected chi connectivity index (χ4v) is 1.51. The maximum absolute atomic E-state index is 5.74. The van der Waals surface area contributed by atoms with Gasteiger partial charge in [0.2, 0.25) is 0 Å². The summed E-state index contributed by atoms with van der Waals surface area (Å²) in [5, 5.41) is 3.37. The Labute approximate surface area is 69.3 Å². The van der Waals surface area contributed by atoms with E-state index in [4.69, 9.17) is 4.74 Å². The summed E-state index contributed by atoms with van der Waals surface area (Å²) >= 11 is 0. The molecule has 2 nitrogen and oxygen atoms in total. The van der Waals surface area contributed by atoms with Gasteiger partial charge in [-0.3, -0.25) is 5.32 Å². The lowest BCUT2D eigenvalue weighted by Crippen LogP contribution is -2.58. The first-order chi connectivity index (χ1) is 5.33. The van der Waals surface area contributed by atoms with E-state index < -0.39 is 0 Å². The van der Waals surface area contributed by atoms with Crippen molar-refractivity contribution < 1.29 is 4.74 Å². The molecule has 1 N–H and O–H groups in total. The van der Waals surface area contributed by atoms with Gasteiger partial charge in [-0.25, -0.2) is 0 Å². The average Bonchev–Trinajstić information content (AvgIpc) is 1.95. The van der Waals surface area contributed by atoms with Crippen LogP contribution in [0, 0.1) is 0 Å². The molecule has 0 aromatic carbocycles. The molecule has 0 aromatic heterocycles. The average molecular weight is 157 g/mol. The number of ether oxygens (including phenoxy) is 1. The lowest BCUT2D eigenvalue weighted by molar-refractivity contribution is -0.122. The highest BCUT2D eigenvalue weighted by Gasteiger charge is 2.35. The molecule has 11 heavy (non-hydrogen) atoms. The van der Waals surface area contributed by atoms with Gasteiger partial charge in [-0.2, -0.15) is 0 Å². The minimum atomic E-state index is 0.0742. The summed E-state index contributed by atoms with van der Waals surface area (Å²) in [6.45, 7) is 6.38. The van der Waals surface area contributed by atoms with Gasteiger partial charge in [0.05, 0.1) is 0 Å². The second-order valence-corrected chi connectivity index (χ2v) is 3.27. The van der Waals surface area contributed by atoms with Crippen molar-refractivity contribution in [3.05, 3.63) is 0 Å². The third-order valence-electron chi connectivity index (χ3n) is 2.21. The van der Waals surface area contributed by atoms with E-state index >= 15 is 0 Å². The number of nitrogens with one attached hydrogen (secondary N) is 1. The third-order valence-corrected chi connectivity index (χ3v) is 2.21. The molecule has 0 bridgehead atoms. The van der Waals surface area contributed by atoms with E-state index in [1.165, 1.54) is 12.8 Å². The molecule has 0 amide bonds. The Kier molecular flexibility index (Phi) is 3.34. The van der Waals surface area contributed by atoms with Gasteiger partial charge in [-0.1, -0.05) is 20.3 Å². The van der Waals surface area contributed by atoms with Crippen LogP contribution in [0.3, 0.4) is 0 Å². The molecule has 1 aliphatic heterocycles. The van der Waals surface area contributed by atoms with Crippen LogP contribution >= 0.6 is 0 Å². The van der Waals surface area contributed by atoms with Crippen molar-refractivity contribution in [2.24, 2.45) is 0 Å². The normalized spacial score (nSPS) is 30.0. The van der Waals surface area contributed by atoms with Gasteiger partial charge in [-0.15, -0.1) is 0 Å². The fraction of sp³-hybridized carbons (Fsp3) is 1.00. The summed E-state index contributed by atoms with van der Waals surface area (Å²) in [6.07, 6.45) is 4.68. The fourth-order valence-electron chi connectivity index (χ4n) is 1.51. The highest BCUT2D eigenvalue weighted by atomic mass is 16.5. The molecule has 0 radical (unpaired) electrons. The second-order valence-electron chi connectivity index (χ2n) is 3.27. The van der Waals surface area contributed by atoms with Crippen molar-refractivity contribution in [2.45, 2.75) is 45.3 Å². The van der Waals surface area contributed by atoms with Gasteiger partial charge in [0.15, 0.2) is 0 Å². The molecular formula is C9H19NO. The van der Waals surface area contributed by atoms with E-state index in [-0.39, 0.29) is 5.72 Å². The predicted octanol–water partition coefficient (Wildman–Crippen LogP) is 1.90. The van der Waals surface area contributed by atoms with Gasteiger partial charge < -0.3 is 4.74 Å². The summed E-state index contributed by atoms with van der Waals surface area (Å²) in [4.78, 5) is 0. The maximum atomic E-state index is 5.74. The molecule has 2 heteroatoms.